The van der Waals surface area contributed by atoms with Gasteiger partial charge in [0, 0.05) is 18.3 Å². The molecule has 0 radical (unpaired) electrons. The molecule has 0 spiro atoms. The van der Waals surface area contributed by atoms with Gasteiger partial charge in [-0.15, -0.1) is 11.3 Å². The summed E-state index contributed by atoms with van der Waals surface area (Å²) in [6.45, 7) is 0. The molecule has 0 aliphatic rings. The molecule has 3 aromatic rings. The number of aromatic nitrogens is 2. The fourth-order valence-electron chi connectivity index (χ4n) is 2.13. The van der Waals surface area contributed by atoms with Gasteiger partial charge in [0.2, 0.25) is 5.78 Å². The second kappa shape index (κ2) is 5.32. The van der Waals surface area contributed by atoms with E-state index in [2.05, 4.69) is 11.1 Å². The number of aryl methyl sites for hydroxylation is 1. The Bertz CT molecular complexity index is 875. The predicted octanol–water partition coefficient (Wildman–Crippen LogP) is 3.78. The van der Waals surface area contributed by atoms with E-state index in [0.717, 1.165) is 4.70 Å². The number of hydrogen-bond donors (Lipinski definition) is 0. The molecule has 3 rings (SSSR count). The largest absolute Gasteiger partial charge is 0.348 e. The molecule has 1 atom stereocenters. The predicted molar refractivity (Wildman–Crippen MR) is 82.7 cm³/mol. The molecule has 0 saturated heterocycles. The Kier molecular flexibility index (Phi) is 3.50. The minimum atomic E-state index is -0.894. The van der Waals surface area contributed by atoms with Gasteiger partial charge in [0.05, 0.1) is 22.0 Å². The van der Waals surface area contributed by atoms with Crippen LogP contribution in [0.2, 0.25) is 5.02 Å². The summed E-state index contributed by atoms with van der Waals surface area (Å²) in [5.74, 6) is -1.13. The first kappa shape index (κ1) is 13.8. The fourth-order valence-corrected chi connectivity index (χ4v) is 3.29. The highest BCUT2D eigenvalue weighted by Gasteiger charge is 2.26. The zero-order valence-electron chi connectivity index (χ0n) is 11.1. The molecule has 0 aliphatic carbocycles. The first-order valence-corrected chi connectivity index (χ1v) is 7.41. The standard InChI is InChI=1S/C15H10ClN3OS/c1-19-6-2-3-12(19)14(20)10(8-17)15-18-11-7-9(16)4-5-13(11)21-15/h2-7,10H,1H3/t10-/m0/s1. The van der Waals surface area contributed by atoms with E-state index in [1.54, 1.807) is 42.1 Å². The van der Waals surface area contributed by atoms with Crippen LogP contribution in [-0.4, -0.2) is 15.3 Å². The number of hydrogen-bond acceptors (Lipinski definition) is 4. The van der Waals surface area contributed by atoms with E-state index in [1.165, 1.54) is 11.3 Å². The van der Waals surface area contributed by atoms with Crippen LogP contribution in [0.25, 0.3) is 10.2 Å². The number of carbonyl (C=O) groups excluding carboxylic acids is 1. The van der Waals surface area contributed by atoms with Gasteiger partial charge in [-0.1, -0.05) is 11.6 Å². The van der Waals surface area contributed by atoms with Crippen LogP contribution < -0.4 is 0 Å². The van der Waals surface area contributed by atoms with Crippen LogP contribution in [0.1, 0.15) is 21.4 Å². The smallest absolute Gasteiger partial charge is 0.203 e. The normalized spacial score (nSPS) is 12.2. The topological polar surface area (TPSA) is 58.7 Å². The summed E-state index contributed by atoms with van der Waals surface area (Å²) >= 11 is 7.28. The molecule has 0 saturated carbocycles. The van der Waals surface area contributed by atoms with Gasteiger partial charge < -0.3 is 4.57 Å². The summed E-state index contributed by atoms with van der Waals surface area (Å²) in [6, 6.07) is 10.9. The molecule has 4 nitrogen and oxygen atoms in total. The monoisotopic (exact) mass is 315 g/mol. The van der Waals surface area contributed by atoms with Gasteiger partial charge in [0.25, 0.3) is 0 Å². The van der Waals surface area contributed by atoms with Crippen LogP contribution in [0.3, 0.4) is 0 Å². The van der Waals surface area contributed by atoms with Crippen LogP contribution in [0.4, 0.5) is 0 Å². The van der Waals surface area contributed by atoms with Crippen molar-refractivity contribution in [1.82, 2.24) is 9.55 Å². The SMILES string of the molecule is Cn1cccc1C(=O)[C@H](C#N)c1nc2cc(Cl)ccc2s1. The van der Waals surface area contributed by atoms with Crippen molar-refractivity contribution in [2.24, 2.45) is 7.05 Å². The van der Waals surface area contributed by atoms with Crippen molar-refractivity contribution in [1.29, 1.82) is 5.26 Å². The third kappa shape index (κ3) is 2.44. The van der Waals surface area contributed by atoms with Crippen molar-refractivity contribution >= 4 is 38.9 Å². The van der Waals surface area contributed by atoms with Crippen molar-refractivity contribution in [3.05, 3.63) is 52.3 Å². The summed E-state index contributed by atoms with van der Waals surface area (Å²) in [5, 5.41) is 10.5. The third-order valence-corrected chi connectivity index (χ3v) is 4.54. The zero-order valence-corrected chi connectivity index (χ0v) is 12.6. The van der Waals surface area contributed by atoms with Gasteiger partial charge in [-0.05, 0) is 30.3 Å². The lowest BCUT2D eigenvalue weighted by atomic mass is 10.0. The highest BCUT2D eigenvalue weighted by molar-refractivity contribution is 7.18. The van der Waals surface area contributed by atoms with E-state index in [4.69, 9.17) is 11.6 Å². The highest BCUT2D eigenvalue weighted by Crippen LogP contribution is 2.30. The molecule has 21 heavy (non-hydrogen) atoms. The van der Waals surface area contributed by atoms with E-state index in [9.17, 15) is 10.1 Å². The number of carbonyl (C=O) groups is 1. The number of fused-ring (bicyclic) bond motifs is 1. The highest BCUT2D eigenvalue weighted by atomic mass is 35.5. The van der Waals surface area contributed by atoms with Crippen LogP contribution in [0.15, 0.2) is 36.5 Å². The number of nitriles is 1. The number of thiazole rings is 1. The molecular formula is C15H10ClN3OS. The van der Waals surface area contributed by atoms with Crippen LogP contribution in [-0.2, 0) is 7.05 Å². The van der Waals surface area contributed by atoms with Crippen molar-refractivity contribution in [3.8, 4) is 6.07 Å². The Hall–Kier alpha value is -2.16. The maximum Gasteiger partial charge on any atom is 0.203 e. The van der Waals surface area contributed by atoms with Gasteiger partial charge >= 0.3 is 0 Å². The fraction of sp³-hybridized carbons (Fsp3) is 0.133. The minimum Gasteiger partial charge on any atom is -0.348 e. The number of nitrogens with zero attached hydrogens (tertiary/aromatic N) is 3. The van der Waals surface area contributed by atoms with Crippen molar-refractivity contribution in [2.75, 3.05) is 0 Å². The van der Waals surface area contributed by atoms with Crippen molar-refractivity contribution in [3.63, 3.8) is 0 Å². The summed E-state index contributed by atoms with van der Waals surface area (Å²) in [5.41, 5.74) is 1.21. The average molecular weight is 316 g/mol. The van der Waals surface area contributed by atoms with E-state index in [-0.39, 0.29) is 5.78 Å². The number of Topliss-reactive ketones (excluding diaryl/α,β-unsaturated/α-hetero) is 1. The van der Waals surface area contributed by atoms with Crippen molar-refractivity contribution < 1.29 is 4.79 Å². The second-order valence-electron chi connectivity index (χ2n) is 4.59. The van der Waals surface area contributed by atoms with Gasteiger partial charge in [-0.3, -0.25) is 4.79 Å². The summed E-state index contributed by atoms with van der Waals surface area (Å²) in [6.07, 6.45) is 1.78. The van der Waals surface area contributed by atoms with Crippen LogP contribution >= 0.6 is 22.9 Å². The molecule has 6 heteroatoms. The van der Waals surface area contributed by atoms with E-state index in [0.29, 0.717) is 21.2 Å². The Morgan fingerprint density at radius 2 is 2.29 bits per heavy atom. The first-order valence-electron chi connectivity index (χ1n) is 6.21. The molecule has 0 fully saturated rings. The van der Waals surface area contributed by atoms with Crippen molar-refractivity contribution in [2.45, 2.75) is 5.92 Å². The van der Waals surface area contributed by atoms with E-state index in [1.807, 2.05) is 6.07 Å². The molecule has 2 aromatic heterocycles. The molecule has 0 amide bonds. The molecule has 0 N–H and O–H groups in total. The number of rotatable bonds is 3. The minimum absolute atomic E-state index is 0.241. The number of benzene rings is 1. The summed E-state index contributed by atoms with van der Waals surface area (Å²) < 4.78 is 2.62. The molecule has 0 bridgehead atoms. The van der Waals surface area contributed by atoms with Gasteiger partial charge in [-0.25, -0.2) is 4.98 Å². The van der Waals surface area contributed by atoms with Gasteiger partial charge in [0.15, 0.2) is 5.92 Å². The van der Waals surface area contributed by atoms with Crippen LogP contribution in [0, 0.1) is 11.3 Å². The Morgan fingerprint density at radius 1 is 1.48 bits per heavy atom. The summed E-state index contributed by atoms with van der Waals surface area (Å²) in [4.78, 5) is 16.9. The van der Waals surface area contributed by atoms with Gasteiger partial charge in [0.1, 0.15) is 5.01 Å². The molecule has 0 aliphatic heterocycles. The third-order valence-electron chi connectivity index (χ3n) is 3.20. The molecule has 2 heterocycles. The molecule has 1 aromatic carbocycles. The molecule has 0 unspecified atom stereocenters. The molecule has 104 valence electrons. The Morgan fingerprint density at radius 3 is 2.95 bits per heavy atom. The van der Waals surface area contributed by atoms with Gasteiger partial charge in [-0.2, -0.15) is 5.26 Å². The molecular weight excluding hydrogens is 306 g/mol. The zero-order chi connectivity index (χ0) is 15.0. The second-order valence-corrected chi connectivity index (χ2v) is 6.09. The quantitative estimate of drug-likeness (QED) is 0.691. The lowest BCUT2D eigenvalue weighted by molar-refractivity contribution is 0.0971. The lowest BCUT2D eigenvalue weighted by Gasteiger charge is -2.05. The lowest BCUT2D eigenvalue weighted by Crippen LogP contribution is -2.14. The average Bonchev–Trinajstić information content (AvgIpc) is 3.05. The summed E-state index contributed by atoms with van der Waals surface area (Å²) in [7, 11) is 1.78. The first-order chi connectivity index (χ1) is 10.1. The maximum absolute atomic E-state index is 12.5. The number of halogens is 1. The maximum atomic E-state index is 12.5. The van der Waals surface area contributed by atoms with Crippen LogP contribution in [0.5, 0.6) is 0 Å². The number of ketones is 1. The Labute approximate surface area is 130 Å². The van der Waals surface area contributed by atoms with E-state index >= 15 is 0 Å². The van der Waals surface area contributed by atoms with E-state index < -0.39 is 5.92 Å². The Balaban J connectivity index is 2.04.